The highest BCUT2D eigenvalue weighted by molar-refractivity contribution is 6.17. The van der Waals surface area contributed by atoms with Crippen molar-refractivity contribution in [2.45, 2.75) is 31.8 Å². The van der Waals surface area contributed by atoms with E-state index in [4.69, 9.17) is 23.1 Å². The van der Waals surface area contributed by atoms with Crippen LogP contribution in [0.2, 0.25) is 0 Å². The molecule has 0 amide bonds. The van der Waals surface area contributed by atoms with E-state index in [1.165, 1.54) is 0 Å². The first-order valence-corrected chi connectivity index (χ1v) is 4.02. The Kier molecular flexibility index (Phi) is 6.79. The third-order valence-corrected chi connectivity index (χ3v) is 1.56. The van der Waals surface area contributed by atoms with Gasteiger partial charge in [0, 0.05) is 12.3 Å². The summed E-state index contributed by atoms with van der Waals surface area (Å²) >= 11 is 5.43. The van der Waals surface area contributed by atoms with E-state index in [0.29, 0.717) is 18.7 Å². The van der Waals surface area contributed by atoms with Gasteiger partial charge in [0.1, 0.15) is 0 Å². The van der Waals surface area contributed by atoms with Crippen LogP contribution in [0.1, 0.15) is 25.7 Å². The van der Waals surface area contributed by atoms with Crippen LogP contribution in [-0.4, -0.2) is 17.1 Å². The van der Waals surface area contributed by atoms with Gasteiger partial charge in [-0.25, -0.2) is 0 Å². The van der Waals surface area contributed by atoms with Gasteiger partial charge in [0.15, 0.2) is 0 Å². The standard InChI is InChI=1S/C8H13ClO/c1-2-3-5-8(10)6-4-7-9/h1,8,10H,3-7H2. The molecular formula is C8H13ClO. The van der Waals surface area contributed by atoms with Crippen LogP contribution in [0, 0.1) is 12.3 Å². The number of hydrogen-bond donors (Lipinski definition) is 1. The fraction of sp³-hybridized carbons (Fsp3) is 0.750. The molecule has 0 aromatic heterocycles. The number of aliphatic hydroxyl groups excluding tert-OH is 1. The Balaban J connectivity index is 3.10. The lowest BCUT2D eigenvalue weighted by molar-refractivity contribution is 0.156. The lowest BCUT2D eigenvalue weighted by Crippen LogP contribution is -2.05. The Morgan fingerprint density at radius 1 is 1.50 bits per heavy atom. The van der Waals surface area contributed by atoms with Gasteiger partial charge in [-0.2, -0.15) is 0 Å². The van der Waals surface area contributed by atoms with Crippen LogP contribution in [0.4, 0.5) is 0 Å². The average Bonchev–Trinajstić information content (AvgIpc) is 1.97. The fourth-order valence-electron chi connectivity index (χ4n) is 0.707. The largest absolute Gasteiger partial charge is 0.393 e. The smallest absolute Gasteiger partial charge is 0.0549 e. The second kappa shape index (κ2) is 6.92. The molecule has 0 rings (SSSR count). The third-order valence-electron chi connectivity index (χ3n) is 1.29. The molecule has 0 aliphatic rings. The second-order valence-corrected chi connectivity index (χ2v) is 2.61. The molecule has 10 heavy (non-hydrogen) atoms. The minimum Gasteiger partial charge on any atom is -0.393 e. The molecule has 2 heteroatoms. The van der Waals surface area contributed by atoms with Gasteiger partial charge in [0.25, 0.3) is 0 Å². The van der Waals surface area contributed by atoms with Crippen molar-refractivity contribution in [2.24, 2.45) is 0 Å². The van der Waals surface area contributed by atoms with Crippen molar-refractivity contribution in [3.63, 3.8) is 0 Å². The zero-order valence-electron chi connectivity index (χ0n) is 6.02. The highest BCUT2D eigenvalue weighted by Crippen LogP contribution is 2.04. The molecule has 0 aromatic rings. The minimum absolute atomic E-state index is 0.255. The zero-order chi connectivity index (χ0) is 7.82. The maximum Gasteiger partial charge on any atom is 0.0549 e. The molecular weight excluding hydrogens is 148 g/mol. The van der Waals surface area contributed by atoms with E-state index in [2.05, 4.69) is 5.92 Å². The lowest BCUT2D eigenvalue weighted by Gasteiger charge is -2.05. The minimum atomic E-state index is -0.255. The Labute approximate surface area is 67.4 Å². The maximum atomic E-state index is 9.16. The van der Waals surface area contributed by atoms with Crippen molar-refractivity contribution in [3.8, 4) is 12.3 Å². The van der Waals surface area contributed by atoms with Crippen LogP contribution in [0.25, 0.3) is 0 Å². The first-order chi connectivity index (χ1) is 4.81. The lowest BCUT2D eigenvalue weighted by atomic mass is 10.1. The van der Waals surface area contributed by atoms with Crippen molar-refractivity contribution in [1.82, 2.24) is 0 Å². The molecule has 0 heterocycles. The Bertz CT molecular complexity index is 106. The summed E-state index contributed by atoms with van der Waals surface area (Å²) in [7, 11) is 0. The SMILES string of the molecule is C#CCCC(O)CCCCl. The maximum absolute atomic E-state index is 9.16. The molecule has 0 aliphatic heterocycles. The Hall–Kier alpha value is -0.190. The predicted octanol–water partition coefficient (Wildman–Crippen LogP) is 1.78. The summed E-state index contributed by atoms with van der Waals surface area (Å²) in [5, 5.41) is 9.16. The molecule has 0 saturated carbocycles. The van der Waals surface area contributed by atoms with E-state index < -0.39 is 0 Å². The average molecular weight is 161 g/mol. The number of hydrogen-bond acceptors (Lipinski definition) is 1. The Morgan fingerprint density at radius 2 is 2.20 bits per heavy atom. The van der Waals surface area contributed by atoms with E-state index in [-0.39, 0.29) is 6.10 Å². The molecule has 1 nitrogen and oxygen atoms in total. The molecule has 1 N–H and O–H groups in total. The van der Waals surface area contributed by atoms with Gasteiger partial charge in [-0.05, 0) is 19.3 Å². The van der Waals surface area contributed by atoms with Gasteiger partial charge in [-0.15, -0.1) is 23.9 Å². The quantitative estimate of drug-likeness (QED) is 0.480. The summed E-state index contributed by atoms with van der Waals surface area (Å²) in [6.45, 7) is 0. The molecule has 58 valence electrons. The molecule has 0 radical (unpaired) electrons. The molecule has 0 bridgehead atoms. The van der Waals surface area contributed by atoms with Crippen LogP contribution in [0.5, 0.6) is 0 Å². The highest BCUT2D eigenvalue weighted by atomic mass is 35.5. The highest BCUT2D eigenvalue weighted by Gasteiger charge is 2.00. The van der Waals surface area contributed by atoms with Gasteiger partial charge in [-0.1, -0.05) is 0 Å². The molecule has 0 spiro atoms. The van der Waals surface area contributed by atoms with Crippen molar-refractivity contribution < 1.29 is 5.11 Å². The normalized spacial score (nSPS) is 12.5. The van der Waals surface area contributed by atoms with Crippen molar-refractivity contribution in [3.05, 3.63) is 0 Å². The van der Waals surface area contributed by atoms with E-state index in [1.807, 2.05) is 0 Å². The van der Waals surface area contributed by atoms with E-state index >= 15 is 0 Å². The predicted molar refractivity (Wildman–Crippen MR) is 44.0 cm³/mol. The number of alkyl halides is 1. The van der Waals surface area contributed by atoms with E-state index in [9.17, 15) is 0 Å². The summed E-state index contributed by atoms with van der Waals surface area (Å²) in [5.41, 5.74) is 0. The van der Waals surface area contributed by atoms with E-state index in [0.717, 1.165) is 12.8 Å². The first kappa shape index (κ1) is 9.81. The van der Waals surface area contributed by atoms with Gasteiger partial charge >= 0.3 is 0 Å². The topological polar surface area (TPSA) is 20.2 Å². The fourth-order valence-corrected chi connectivity index (χ4v) is 0.861. The molecule has 1 atom stereocenters. The van der Waals surface area contributed by atoms with Gasteiger partial charge in [0.2, 0.25) is 0 Å². The van der Waals surface area contributed by atoms with Crippen LogP contribution >= 0.6 is 11.6 Å². The molecule has 0 aromatic carbocycles. The van der Waals surface area contributed by atoms with Crippen molar-refractivity contribution >= 4 is 11.6 Å². The van der Waals surface area contributed by atoms with Gasteiger partial charge in [-0.3, -0.25) is 0 Å². The van der Waals surface area contributed by atoms with Gasteiger partial charge in [0.05, 0.1) is 6.10 Å². The monoisotopic (exact) mass is 160 g/mol. The summed E-state index contributed by atoms with van der Waals surface area (Å²) in [6, 6.07) is 0. The van der Waals surface area contributed by atoms with Crippen molar-refractivity contribution in [2.75, 3.05) is 5.88 Å². The van der Waals surface area contributed by atoms with Crippen molar-refractivity contribution in [1.29, 1.82) is 0 Å². The summed E-state index contributed by atoms with van der Waals surface area (Å²) in [4.78, 5) is 0. The zero-order valence-corrected chi connectivity index (χ0v) is 6.77. The molecule has 0 fully saturated rings. The van der Waals surface area contributed by atoms with Crippen LogP contribution in [0.3, 0.4) is 0 Å². The number of halogens is 1. The second-order valence-electron chi connectivity index (χ2n) is 2.23. The van der Waals surface area contributed by atoms with E-state index in [1.54, 1.807) is 0 Å². The van der Waals surface area contributed by atoms with Crippen LogP contribution in [-0.2, 0) is 0 Å². The third kappa shape index (κ3) is 5.94. The summed E-state index contributed by atoms with van der Waals surface area (Å²) < 4.78 is 0. The summed E-state index contributed by atoms with van der Waals surface area (Å²) in [5.74, 6) is 3.10. The van der Waals surface area contributed by atoms with Crippen LogP contribution in [0.15, 0.2) is 0 Å². The molecule has 0 aliphatic carbocycles. The number of aliphatic hydroxyl groups is 1. The molecule has 0 saturated heterocycles. The van der Waals surface area contributed by atoms with Crippen LogP contribution < -0.4 is 0 Å². The summed E-state index contributed by atoms with van der Waals surface area (Å²) in [6.07, 6.45) is 7.76. The molecule has 1 unspecified atom stereocenters. The first-order valence-electron chi connectivity index (χ1n) is 3.48. The number of rotatable bonds is 5. The van der Waals surface area contributed by atoms with Gasteiger partial charge < -0.3 is 5.11 Å². The Morgan fingerprint density at radius 3 is 2.70 bits per heavy atom. The number of terminal acetylenes is 1.